The fraction of sp³-hybridized carbons (Fsp3) is 0.0145. The molecule has 5 heterocycles. The molecule has 5 nitrogen and oxygen atoms in total. The van der Waals surface area contributed by atoms with Gasteiger partial charge in [0.15, 0.2) is 0 Å². The first kappa shape index (κ1) is 42.7. The molecule has 0 N–H and O–H groups in total. The topological polar surface area (TPSA) is 46.6 Å². The highest BCUT2D eigenvalue weighted by Gasteiger charge is 2.26. The third-order valence-electron chi connectivity index (χ3n) is 14.2. The standard InChI is InChI=1S/C69H42N4O/c1-3-19-57(20-4-1)73-66-31-25-46(24-30-61(66)62-41-53(26-32-67(62)73)47-13-7-8-14-49(37-47)54-15-9-10-35-70-44-54)52-27-33-68-63(42-52)64-43-59(29-34-69(64)74-68)72-58-28-23-51(39-56(40-58)60-21-5-2-6-22-65(60)72)48-16-11-17-50(38-48)55-18-12-36-71-45-55/h1-4,6-12,14,16-29,31-39,41-45H,13H2. The number of para-hydroxylation sites is 1. The van der Waals surface area contributed by atoms with Crippen LogP contribution in [0.5, 0.6) is 0 Å². The summed E-state index contributed by atoms with van der Waals surface area (Å²) in [7, 11) is 0. The summed E-state index contributed by atoms with van der Waals surface area (Å²) in [6.45, 7) is 0. The van der Waals surface area contributed by atoms with Gasteiger partial charge in [0.25, 0.3) is 0 Å². The number of anilines is 1. The maximum Gasteiger partial charge on any atom is 0.135 e. The van der Waals surface area contributed by atoms with Gasteiger partial charge in [-0.25, -0.2) is 0 Å². The average molecular weight is 943 g/mol. The number of furan rings is 1. The summed E-state index contributed by atoms with van der Waals surface area (Å²) in [6, 6.07) is 43.1. The summed E-state index contributed by atoms with van der Waals surface area (Å²) in [5, 5.41) is 5.34. The number of hydrogen-bond donors (Lipinski definition) is 0. The lowest BCUT2D eigenvalue weighted by atomic mass is 9.95. The molecule has 0 fully saturated rings. The van der Waals surface area contributed by atoms with Crippen molar-refractivity contribution in [3.8, 4) is 16.8 Å². The fourth-order valence-electron chi connectivity index (χ4n) is 10.6. The zero-order chi connectivity index (χ0) is 49.0. The lowest BCUT2D eigenvalue weighted by Gasteiger charge is -2.30. The number of hydrogen-bond acceptors (Lipinski definition) is 4. The minimum absolute atomic E-state index is 0.807. The Morgan fingerprint density at radius 1 is 0.581 bits per heavy atom. The second-order valence-electron chi connectivity index (χ2n) is 18.7. The van der Waals surface area contributed by atoms with Gasteiger partial charge in [-0.3, -0.25) is 9.98 Å². The van der Waals surface area contributed by atoms with E-state index in [0.29, 0.717) is 0 Å². The van der Waals surface area contributed by atoms with E-state index in [0.717, 1.165) is 128 Å². The largest absolute Gasteiger partial charge is 0.456 e. The molecular weight excluding hydrogens is 901 g/mol. The van der Waals surface area contributed by atoms with Crippen molar-refractivity contribution in [2.24, 2.45) is 4.99 Å². The molecule has 2 bridgehead atoms. The van der Waals surface area contributed by atoms with E-state index in [1.807, 2.05) is 42.9 Å². The first-order valence-electron chi connectivity index (χ1n) is 24.8. The smallest absolute Gasteiger partial charge is 0.135 e. The monoisotopic (exact) mass is 942 g/mol. The number of allylic oxidation sites excluding steroid dienone is 19. The van der Waals surface area contributed by atoms with E-state index >= 15 is 0 Å². The van der Waals surface area contributed by atoms with E-state index in [1.54, 1.807) is 6.20 Å². The van der Waals surface area contributed by atoms with Crippen molar-refractivity contribution < 1.29 is 4.42 Å². The van der Waals surface area contributed by atoms with Gasteiger partial charge in [0.05, 0.1) is 22.3 Å². The molecule has 0 radical (unpaired) electrons. The molecule has 0 unspecified atom stereocenters. The van der Waals surface area contributed by atoms with E-state index in [2.05, 4.69) is 237 Å². The Morgan fingerprint density at radius 3 is 2.38 bits per heavy atom. The van der Waals surface area contributed by atoms with Crippen LogP contribution in [0.25, 0.3) is 78.2 Å². The first-order chi connectivity index (χ1) is 36.7. The molecule has 0 atom stereocenters. The van der Waals surface area contributed by atoms with Crippen LogP contribution in [0.2, 0.25) is 0 Å². The van der Waals surface area contributed by atoms with Gasteiger partial charge in [-0.05, 0) is 178 Å². The molecule has 2 aliphatic heterocycles. The summed E-state index contributed by atoms with van der Waals surface area (Å²) in [5.41, 5.74) is 34.3. The van der Waals surface area contributed by atoms with Gasteiger partial charge in [-0.15, -0.1) is 17.2 Å². The summed E-state index contributed by atoms with van der Waals surface area (Å²) in [5.74, 6) is 0. The molecule has 0 amide bonds. The molecule has 0 spiro atoms. The third-order valence-corrected chi connectivity index (χ3v) is 14.2. The SMILES string of the molecule is C1=CC=CC2=C(C=1)C1=C=C(C=CC(c3cccc(-c4cccnc4)c3)=C1)N2c1ccc2oc3ccc(C4=CC=c5c(c6cc(C7=CC(C8=C=CC=CN=C8)=CC=CC7)ccc6n5-c5ccccc5)=C=C4)cc3c2c1. The summed E-state index contributed by atoms with van der Waals surface area (Å²) < 4.78 is 8.91. The number of rotatable bonds is 7. The summed E-state index contributed by atoms with van der Waals surface area (Å²) >= 11 is 0. The number of nitrogens with zero attached hydrogens (tertiary/aromatic N) is 4. The third kappa shape index (κ3) is 7.56. The second-order valence-corrected chi connectivity index (χ2v) is 18.7. The Morgan fingerprint density at radius 2 is 1.45 bits per heavy atom. The Balaban J connectivity index is 0.848. The zero-order valence-corrected chi connectivity index (χ0v) is 40.0. The molecule has 3 aromatic heterocycles. The van der Waals surface area contributed by atoms with Crippen molar-refractivity contribution in [2.75, 3.05) is 4.90 Å². The van der Waals surface area contributed by atoms with Crippen LogP contribution in [-0.4, -0.2) is 15.8 Å². The summed E-state index contributed by atoms with van der Waals surface area (Å²) in [6.07, 6.45) is 42.2. The Bertz CT molecular complexity index is 4510. The van der Waals surface area contributed by atoms with Crippen molar-refractivity contribution in [1.82, 2.24) is 9.55 Å². The van der Waals surface area contributed by atoms with Gasteiger partial charge in [-0.1, -0.05) is 96.8 Å². The van der Waals surface area contributed by atoms with Gasteiger partial charge in [0, 0.05) is 79.8 Å². The van der Waals surface area contributed by atoms with E-state index in [9.17, 15) is 0 Å². The van der Waals surface area contributed by atoms with Gasteiger partial charge < -0.3 is 13.9 Å². The van der Waals surface area contributed by atoms with Crippen LogP contribution in [0, 0.1) is 0 Å². The molecule has 14 rings (SSSR count). The summed E-state index contributed by atoms with van der Waals surface area (Å²) in [4.78, 5) is 11.1. The van der Waals surface area contributed by atoms with Crippen LogP contribution in [0.1, 0.15) is 23.1 Å². The highest BCUT2D eigenvalue weighted by atomic mass is 16.3. The fourth-order valence-corrected chi connectivity index (χ4v) is 10.6. The number of benzene rings is 5. The highest BCUT2D eigenvalue weighted by Crippen LogP contribution is 2.41. The normalized spacial score (nSPS) is 16.2. The number of fused-ring (bicyclic) bond motifs is 7. The lowest BCUT2D eigenvalue weighted by Crippen LogP contribution is -2.27. The molecule has 6 aliphatic rings. The van der Waals surface area contributed by atoms with Crippen molar-refractivity contribution >= 4 is 73.3 Å². The highest BCUT2D eigenvalue weighted by molar-refractivity contribution is 6.08. The van der Waals surface area contributed by atoms with Crippen LogP contribution in [-0.2, 0) is 0 Å². The Labute approximate surface area is 427 Å². The Kier molecular flexibility index (Phi) is 10.3. The van der Waals surface area contributed by atoms with E-state index < -0.39 is 0 Å². The van der Waals surface area contributed by atoms with Crippen molar-refractivity contribution in [2.45, 2.75) is 6.42 Å². The van der Waals surface area contributed by atoms with Gasteiger partial charge in [0.1, 0.15) is 11.2 Å². The minimum atomic E-state index is 0.807. The van der Waals surface area contributed by atoms with Crippen LogP contribution >= 0.6 is 0 Å². The van der Waals surface area contributed by atoms with E-state index in [-0.39, 0.29) is 0 Å². The molecule has 0 saturated heterocycles. The number of aromatic nitrogens is 2. The quantitative estimate of drug-likeness (QED) is 0.150. The number of aliphatic imine (C=N–C) groups is 1. The predicted molar refractivity (Wildman–Crippen MR) is 304 cm³/mol. The van der Waals surface area contributed by atoms with Crippen LogP contribution in [0.4, 0.5) is 5.69 Å². The van der Waals surface area contributed by atoms with Crippen LogP contribution in [0.15, 0.2) is 291 Å². The van der Waals surface area contributed by atoms with Crippen molar-refractivity contribution in [1.29, 1.82) is 0 Å². The molecule has 4 aliphatic carbocycles. The van der Waals surface area contributed by atoms with Crippen molar-refractivity contribution in [3.63, 3.8) is 0 Å². The molecule has 5 aromatic carbocycles. The lowest BCUT2D eigenvalue weighted by molar-refractivity contribution is 0.669. The maximum atomic E-state index is 6.56. The molecule has 344 valence electrons. The predicted octanol–water partition coefficient (Wildman–Crippen LogP) is 14.8. The maximum absolute atomic E-state index is 6.56. The van der Waals surface area contributed by atoms with Crippen LogP contribution in [0.3, 0.4) is 0 Å². The van der Waals surface area contributed by atoms with Crippen molar-refractivity contribution in [3.05, 3.63) is 309 Å². The van der Waals surface area contributed by atoms with E-state index in [4.69, 9.17) is 4.42 Å². The second kappa shape index (κ2) is 17.9. The average Bonchev–Trinajstić information content (AvgIpc) is 3.85. The van der Waals surface area contributed by atoms with Crippen LogP contribution < -0.4 is 15.5 Å². The first-order valence-corrected chi connectivity index (χ1v) is 24.8. The van der Waals surface area contributed by atoms with Gasteiger partial charge in [-0.2, -0.15) is 0 Å². The molecule has 74 heavy (non-hydrogen) atoms. The Hall–Kier alpha value is -10.2. The van der Waals surface area contributed by atoms with Gasteiger partial charge in [0.2, 0.25) is 0 Å². The molecular formula is C69H42N4O. The minimum Gasteiger partial charge on any atom is -0.456 e. The number of pyridine rings is 1. The molecule has 0 saturated carbocycles. The molecule has 8 aromatic rings. The molecule has 5 heteroatoms. The zero-order valence-electron chi connectivity index (χ0n) is 40.0. The van der Waals surface area contributed by atoms with E-state index in [1.165, 1.54) is 11.1 Å². The van der Waals surface area contributed by atoms with Gasteiger partial charge >= 0.3 is 0 Å².